The fraction of sp³-hybridized carbons (Fsp3) is 0.333. The zero-order valence-electron chi connectivity index (χ0n) is 12.4. The van der Waals surface area contributed by atoms with Crippen molar-refractivity contribution in [2.24, 2.45) is 5.73 Å². The van der Waals surface area contributed by atoms with Crippen LogP contribution in [0.1, 0.15) is 19.3 Å². The number of para-hydroxylation sites is 3. The first-order chi connectivity index (χ1) is 10.7. The summed E-state index contributed by atoms with van der Waals surface area (Å²) in [7, 11) is 0. The van der Waals surface area contributed by atoms with Crippen LogP contribution in [0.25, 0.3) is 0 Å². The van der Waals surface area contributed by atoms with Gasteiger partial charge in [-0.05, 0) is 43.5 Å². The smallest absolute Gasteiger partial charge is 0.169 e. The molecule has 2 aromatic carbocycles. The zero-order valence-corrected chi connectivity index (χ0v) is 12.4. The maximum absolute atomic E-state index is 10.2. The van der Waals surface area contributed by atoms with Gasteiger partial charge in [0.25, 0.3) is 0 Å². The molecule has 1 saturated carbocycles. The predicted octanol–water partition coefficient (Wildman–Crippen LogP) is 3.10. The molecular weight excluding hydrogens is 278 g/mol. The van der Waals surface area contributed by atoms with Gasteiger partial charge < -0.3 is 20.3 Å². The molecule has 4 heteroatoms. The monoisotopic (exact) mass is 299 g/mol. The molecule has 0 spiro atoms. The minimum Gasteiger partial charge on any atom is -0.484 e. The van der Waals surface area contributed by atoms with E-state index in [1.165, 1.54) is 0 Å². The van der Waals surface area contributed by atoms with Gasteiger partial charge in [-0.3, -0.25) is 0 Å². The lowest BCUT2D eigenvalue weighted by molar-refractivity contribution is -0.00672. The van der Waals surface area contributed by atoms with Crippen molar-refractivity contribution in [2.45, 2.75) is 37.5 Å². The van der Waals surface area contributed by atoms with Gasteiger partial charge in [0.15, 0.2) is 11.5 Å². The molecule has 1 aliphatic rings. The molecule has 0 radical (unpaired) electrons. The Labute approximate surface area is 130 Å². The predicted molar refractivity (Wildman–Crippen MR) is 85.2 cm³/mol. The molecule has 0 aromatic heterocycles. The Morgan fingerprint density at radius 3 is 2.36 bits per heavy atom. The second kappa shape index (κ2) is 6.81. The highest BCUT2D eigenvalue weighted by Crippen LogP contribution is 2.33. The highest BCUT2D eigenvalue weighted by atomic mass is 16.5. The van der Waals surface area contributed by atoms with Crippen LogP contribution in [-0.2, 0) is 0 Å². The zero-order chi connectivity index (χ0) is 15.4. The van der Waals surface area contributed by atoms with Crippen molar-refractivity contribution >= 4 is 0 Å². The average molecular weight is 299 g/mol. The van der Waals surface area contributed by atoms with E-state index in [0.717, 1.165) is 25.0 Å². The first kappa shape index (κ1) is 14.9. The molecule has 4 nitrogen and oxygen atoms in total. The summed E-state index contributed by atoms with van der Waals surface area (Å²) in [6, 6.07) is 16.8. The summed E-state index contributed by atoms with van der Waals surface area (Å²) >= 11 is 0. The van der Waals surface area contributed by atoms with Crippen molar-refractivity contribution in [2.75, 3.05) is 0 Å². The lowest BCUT2D eigenvalue weighted by Gasteiger charge is -2.33. The molecule has 116 valence electrons. The van der Waals surface area contributed by atoms with Crippen molar-refractivity contribution in [1.29, 1.82) is 0 Å². The third-order valence-electron chi connectivity index (χ3n) is 3.94. The van der Waals surface area contributed by atoms with Crippen LogP contribution < -0.4 is 15.2 Å². The Hall–Kier alpha value is -2.04. The SMILES string of the molecule is N[C@@H]1CCC[C@@H](Oc2ccccc2Oc2ccccc2)[C@@H]1O. The second-order valence-electron chi connectivity index (χ2n) is 5.60. The van der Waals surface area contributed by atoms with E-state index in [2.05, 4.69) is 0 Å². The molecule has 3 N–H and O–H groups in total. The molecule has 0 saturated heterocycles. The molecule has 22 heavy (non-hydrogen) atoms. The van der Waals surface area contributed by atoms with Crippen molar-refractivity contribution < 1.29 is 14.6 Å². The summed E-state index contributed by atoms with van der Waals surface area (Å²) in [4.78, 5) is 0. The normalized spacial score (nSPS) is 24.7. The molecule has 0 bridgehead atoms. The van der Waals surface area contributed by atoms with Crippen molar-refractivity contribution in [3.05, 3.63) is 54.6 Å². The van der Waals surface area contributed by atoms with Gasteiger partial charge in [0.1, 0.15) is 18.0 Å². The number of nitrogens with two attached hydrogens (primary N) is 1. The summed E-state index contributed by atoms with van der Waals surface area (Å²) in [6.07, 6.45) is 1.67. The van der Waals surface area contributed by atoms with Crippen molar-refractivity contribution in [3.63, 3.8) is 0 Å². The van der Waals surface area contributed by atoms with Crippen molar-refractivity contribution in [3.8, 4) is 17.2 Å². The molecule has 0 aliphatic heterocycles. The third kappa shape index (κ3) is 3.40. The molecule has 3 rings (SSSR count). The molecule has 1 fully saturated rings. The Balaban J connectivity index is 1.76. The Kier molecular flexibility index (Phi) is 4.61. The molecular formula is C18H21NO3. The fourth-order valence-corrected chi connectivity index (χ4v) is 2.71. The summed E-state index contributed by atoms with van der Waals surface area (Å²) in [5, 5.41) is 10.2. The first-order valence-electron chi connectivity index (χ1n) is 7.66. The number of benzene rings is 2. The molecule has 3 atom stereocenters. The van der Waals surface area contributed by atoms with Crippen LogP contribution in [0, 0.1) is 0 Å². The minimum absolute atomic E-state index is 0.221. The van der Waals surface area contributed by atoms with E-state index < -0.39 is 6.10 Å². The Bertz CT molecular complexity index is 602. The van der Waals surface area contributed by atoms with E-state index in [0.29, 0.717) is 11.5 Å². The summed E-state index contributed by atoms with van der Waals surface area (Å²) < 4.78 is 11.9. The molecule has 1 aliphatic carbocycles. The van der Waals surface area contributed by atoms with Gasteiger partial charge in [-0.1, -0.05) is 30.3 Å². The van der Waals surface area contributed by atoms with Gasteiger partial charge >= 0.3 is 0 Å². The highest BCUT2D eigenvalue weighted by molar-refractivity contribution is 5.42. The quantitative estimate of drug-likeness (QED) is 0.910. The van der Waals surface area contributed by atoms with Crippen LogP contribution >= 0.6 is 0 Å². The fourth-order valence-electron chi connectivity index (χ4n) is 2.71. The van der Waals surface area contributed by atoms with Crippen LogP contribution in [0.5, 0.6) is 17.2 Å². The average Bonchev–Trinajstić information content (AvgIpc) is 2.55. The van der Waals surface area contributed by atoms with Crippen LogP contribution in [0.15, 0.2) is 54.6 Å². The number of rotatable bonds is 4. The first-order valence-corrected chi connectivity index (χ1v) is 7.66. The Morgan fingerprint density at radius 2 is 1.59 bits per heavy atom. The Morgan fingerprint density at radius 1 is 0.909 bits per heavy atom. The largest absolute Gasteiger partial charge is 0.484 e. The van der Waals surface area contributed by atoms with E-state index >= 15 is 0 Å². The van der Waals surface area contributed by atoms with Gasteiger partial charge in [0.05, 0.1) is 0 Å². The van der Waals surface area contributed by atoms with Gasteiger partial charge in [0, 0.05) is 6.04 Å². The van der Waals surface area contributed by atoms with E-state index in [-0.39, 0.29) is 12.1 Å². The molecule has 0 heterocycles. The van der Waals surface area contributed by atoms with E-state index in [1.54, 1.807) is 0 Å². The van der Waals surface area contributed by atoms with Crippen LogP contribution in [0.3, 0.4) is 0 Å². The number of aliphatic hydroxyl groups excluding tert-OH is 1. The maximum Gasteiger partial charge on any atom is 0.169 e. The standard InChI is InChI=1S/C18H21NO3/c19-14-9-6-12-17(18(14)20)22-16-11-5-4-10-15(16)21-13-7-2-1-3-8-13/h1-5,7-8,10-11,14,17-18,20H,6,9,12,19H2/t14-,17-,18-/m1/s1. The van der Waals surface area contributed by atoms with Crippen LogP contribution in [-0.4, -0.2) is 23.4 Å². The molecule has 0 amide bonds. The van der Waals surface area contributed by atoms with Gasteiger partial charge in [0.2, 0.25) is 0 Å². The van der Waals surface area contributed by atoms with Gasteiger partial charge in [-0.15, -0.1) is 0 Å². The maximum atomic E-state index is 10.2. The minimum atomic E-state index is -0.640. The van der Waals surface area contributed by atoms with Gasteiger partial charge in [-0.25, -0.2) is 0 Å². The van der Waals surface area contributed by atoms with E-state index in [9.17, 15) is 5.11 Å². The summed E-state index contributed by atoms with van der Waals surface area (Å²) in [5.41, 5.74) is 5.92. The van der Waals surface area contributed by atoms with Crippen LogP contribution in [0.4, 0.5) is 0 Å². The number of hydrogen-bond acceptors (Lipinski definition) is 4. The summed E-state index contributed by atoms with van der Waals surface area (Å²) in [6.45, 7) is 0. The number of hydrogen-bond donors (Lipinski definition) is 2. The third-order valence-corrected chi connectivity index (χ3v) is 3.94. The van der Waals surface area contributed by atoms with Gasteiger partial charge in [-0.2, -0.15) is 0 Å². The highest BCUT2D eigenvalue weighted by Gasteiger charge is 2.31. The second-order valence-corrected chi connectivity index (χ2v) is 5.60. The van der Waals surface area contributed by atoms with Crippen molar-refractivity contribution in [1.82, 2.24) is 0 Å². The topological polar surface area (TPSA) is 64.7 Å². The number of aliphatic hydroxyl groups is 1. The molecule has 2 aromatic rings. The lowest BCUT2D eigenvalue weighted by Crippen LogP contribution is -2.48. The number of ether oxygens (including phenoxy) is 2. The lowest BCUT2D eigenvalue weighted by atomic mass is 9.90. The summed E-state index contributed by atoms with van der Waals surface area (Å²) in [5.74, 6) is 2.02. The van der Waals surface area contributed by atoms with Crippen LogP contribution in [0.2, 0.25) is 0 Å². The molecule has 0 unspecified atom stereocenters. The van der Waals surface area contributed by atoms with E-state index in [1.807, 2.05) is 54.6 Å². The van der Waals surface area contributed by atoms with E-state index in [4.69, 9.17) is 15.2 Å².